The number of thioether (sulfide) groups is 1. The van der Waals surface area contributed by atoms with Crippen LogP contribution in [-0.4, -0.2) is 49.4 Å². The van der Waals surface area contributed by atoms with E-state index in [1.807, 2.05) is 54.6 Å². The van der Waals surface area contributed by atoms with Gasteiger partial charge in [0.05, 0.1) is 23.0 Å². The van der Waals surface area contributed by atoms with E-state index in [0.717, 1.165) is 40.4 Å². The van der Waals surface area contributed by atoms with Crippen LogP contribution >= 0.6 is 11.8 Å². The van der Waals surface area contributed by atoms with Crippen LogP contribution in [0.25, 0.3) is 16.7 Å². The van der Waals surface area contributed by atoms with E-state index in [-0.39, 0.29) is 5.91 Å². The second kappa shape index (κ2) is 7.65. The number of para-hydroxylation sites is 1. The molecule has 3 aromatic rings. The van der Waals surface area contributed by atoms with E-state index in [4.69, 9.17) is 0 Å². The molecule has 7 heteroatoms. The zero-order valence-corrected chi connectivity index (χ0v) is 15.5. The largest absolute Gasteiger partial charge is 0.343 e. The third-order valence-electron chi connectivity index (χ3n) is 4.12. The molecule has 2 aromatic heterocycles. The van der Waals surface area contributed by atoms with E-state index in [2.05, 4.69) is 15.1 Å². The summed E-state index contributed by atoms with van der Waals surface area (Å²) >= 11 is 1.43. The SMILES string of the molecule is CCN(CC)C(=O)CSc1ncnc2c1cnn2-c1ccccc1C. The van der Waals surface area contributed by atoms with Crippen LogP contribution in [-0.2, 0) is 4.79 Å². The van der Waals surface area contributed by atoms with E-state index < -0.39 is 0 Å². The van der Waals surface area contributed by atoms with Crippen LogP contribution in [0.1, 0.15) is 19.4 Å². The normalized spacial score (nSPS) is 11.0. The Hall–Kier alpha value is -2.41. The maximum atomic E-state index is 12.2. The van der Waals surface area contributed by atoms with Gasteiger partial charge in [0.25, 0.3) is 0 Å². The summed E-state index contributed by atoms with van der Waals surface area (Å²) in [5.41, 5.74) is 2.87. The number of fused-ring (bicyclic) bond motifs is 1. The molecule has 2 heterocycles. The van der Waals surface area contributed by atoms with Crippen LogP contribution in [0.15, 0.2) is 41.8 Å². The Morgan fingerprint density at radius 1 is 1.20 bits per heavy atom. The molecule has 0 aliphatic carbocycles. The topological polar surface area (TPSA) is 63.9 Å². The highest BCUT2D eigenvalue weighted by Crippen LogP contribution is 2.26. The number of benzene rings is 1. The monoisotopic (exact) mass is 355 g/mol. The standard InChI is InChI=1S/C18H21N5OS/c1-4-22(5-2)16(24)11-25-18-14-10-21-23(17(14)19-12-20-18)15-9-7-6-8-13(15)3/h6-10,12H,4-5,11H2,1-3H3. The first kappa shape index (κ1) is 17.4. The van der Waals surface area contributed by atoms with Gasteiger partial charge in [-0.25, -0.2) is 14.6 Å². The minimum Gasteiger partial charge on any atom is -0.343 e. The molecule has 0 unspecified atom stereocenters. The van der Waals surface area contributed by atoms with E-state index in [1.165, 1.54) is 18.1 Å². The van der Waals surface area contributed by atoms with Crippen molar-refractivity contribution in [3.8, 4) is 5.69 Å². The first-order valence-electron chi connectivity index (χ1n) is 8.31. The number of aryl methyl sites for hydroxylation is 1. The summed E-state index contributed by atoms with van der Waals surface area (Å²) < 4.78 is 1.82. The molecule has 0 aliphatic rings. The molecule has 0 saturated carbocycles. The molecule has 0 N–H and O–H groups in total. The number of carbonyl (C=O) groups excluding carboxylic acids is 1. The van der Waals surface area contributed by atoms with Crippen molar-refractivity contribution in [2.75, 3.05) is 18.8 Å². The van der Waals surface area contributed by atoms with E-state index in [0.29, 0.717) is 5.75 Å². The molecule has 130 valence electrons. The Labute approximate surface area is 151 Å². The molecule has 0 fully saturated rings. The molecule has 1 aromatic carbocycles. The van der Waals surface area contributed by atoms with Gasteiger partial charge in [-0.1, -0.05) is 30.0 Å². The fraction of sp³-hybridized carbons (Fsp3) is 0.333. The first-order valence-corrected chi connectivity index (χ1v) is 9.29. The molecular weight excluding hydrogens is 334 g/mol. The van der Waals surface area contributed by atoms with Crippen LogP contribution in [0.2, 0.25) is 0 Å². The average molecular weight is 355 g/mol. The molecule has 1 amide bonds. The molecule has 6 nitrogen and oxygen atoms in total. The van der Waals surface area contributed by atoms with Crippen molar-refractivity contribution in [3.05, 3.63) is 42.4 Å². The Kier molecular flexibility index (Phi) is 5.33. The lowest BCUT2D eigenvalue weighted by atomic mass is 10.2. The Morgan fingerprint density at radius 3 is 2.68 bits per heavy atom. The van der Waals surface area contributed by atoms with Crippen molar-refractivity contribution >= 4 is 28.7 Å². The van der Waals surface area contributed by atoms with Crippen LogP contribution < -0.4 is 0 Å². The number of hydrogen-bond donors (Lipinski definition) is 0. The fourth-order valence-corrected chi connectivity index (χ4v) is 3.58. The van der Waals surface area contributed by atoms with Crippen molar-refractivity contribution in [3.63, 3.8) is 0 Å². The van der Waals surface area contributed by atoms with Gasteiger partial charge in [0.15, 0.2) is 5.65 Å². The summed E-state index contributed by atoms with van der Waals surface area (Å²) in [5, 5.41) is 6.13. The number of carbonyl (C=O) groups is 1. The predicted molar refractivity (Wildman–Crippen MR) is 100 cm³/mol. The van der Waals surface area contributed by atoms with Crippen molar-refractivity contribution in [1.29, 1.82) is 0 Å². The van der Waals surface area contributed by atoms with Gasteiger partial charge in [0.1, 0.15) is 11.4 Å². The van der Waals surface area contributed by atoms with Gasteiger partial charge < -0.3 is 4.90 Å². The summed E-state index contributed by atoms with van der Waals surface area (Å²) in [5.74, 6) is 0.483. The number of aromatic nitrogens is 4. The minimum atomic E-state index is 0.119. The van der Waals surface area contributed by atoms with E-state index >= 15 is 0 Å². The summed E-state index contributed by atoms with van der Waals surface area (Å²) in [6.45, 7) is 7.46. The first-order chi connectivity index (χ1) is 12.2. The third-order valence-corrected chi connectivity index (χ3v) is 5.11. The Morgan fingerprint density at radius 2 is 1.96 bits per heavy atom. The summed E-state index contributed by atoms with van der Waals surface area (Å²) in [6.07, 6.45) is 3.30. The van der Waals surface area contributed by atoms with Crippen molar-refractivity contribution in [2.45, 2.75) is 25.8 Å². The molecule has 3 rings (SSSR count). The van der Waals surface area contributed by atoms with E-state index in [9.17, 15) is 4.79 Å². The van der Waals surface area contributed by atoms with Crippen molar-refractivity contribution in [1.82, 2.24) is 24.6 Å². The molecule has 0 radical (unpaired) electrons. The molecular formula is C18H21N5OS. The Balaban J connectivity index is 1.89. The number of rotatable bonds is 6. The lowest BCUT2D eigenvalue weighted by Gasteiger charge is -2.18. The maximum Gasteiger partial charge on any atom is 0.232 e. The highest BCUT2D eigenvalue weighted by atomic mass is 32.2. The lowest BCUT2D eigenvalue weighted by molar-refractivity contribution is -0.127. The molecule has 0 atom stereocenters. The van der Waals surface area contributed by atoms with Crippen LogP contribution in [0.4, 0.5) is 0 Å². The summed E-state index contributed by atoms with van der Waals surface area (Å²) in [6, 6.07) is 8.04. The lowest BCUT2D eigenvalue weighted by Crippen LogP contribution is -2.31. The molecule has 0 aliphatic heterocycles. The predicted octanol–water partition coefficient (Wildman–Crippen LogP) is 3.08. The van der Waals surface area contributed by atoms with Crippen LogP contribution in [0.5, 0.6) is 0 Å². The number of hydrogen-bond acceptors (Lipinski definition) is 5. The van der Waals surface area contributed by atoms with Crippen LogP contribution in [0.3, 0.4) is 0 Å². The number of nitrogens with zero attached hydrogens (tertiary/aromatic N) is 5. The zero-order chi connectivity index (χ0) is 17.8. The minimum absolute atomic E-state index is 0.119. The van der Waals surface area contributed by atoms with E-state index in [1.54, 1.807) is 6.20 Å². The Bertz CT molecular complexity index is 888. The second-order valence-corrected chi connectivity index (χ2v) is 6.58. The smallest absolute Gasteiger partial charge is 0.232 e. The molecule has 0 saturated heterocycles. The van der Waals surface area contributed by atoms with Gasteiger partial charge in [-0.05, 0) is 32.4 Å². The highest BCUT2D eigenvalue weighted by Gasteiger charge is 2.15. The summed E-state index contributed by atoms with van der Waals surface area (Å²) in [4.78, 5) is 22.8. The second-order valence-electron chi connectivity index (χ2n) is 5.61. The fourth-order valence-electron chi connectivity index (χ4n) is 2.71. The molecule has 0 spiro atoms. The molecule has 25 heavy (non-hydrogen) atoms. The van der Waals surface area contributed by atoms with Crippen LogP contribution in [0, 0.1) is 6.92 Å². The van der Waals surface area contributed by atoms with Gasteiger partial charge in [0.2, 0.25) is 5.91 Å². The van der Waals surface area contributed by atoms with Gasteiger partial charge in [-0.2, -0.15) is 5.10 Å². The summed E-state index contributed by atoms with van der Waals surface area (Å²) in [7, 11) is 0. The van der Waals surface area contributed by atoms with Gasteiger partial charge in [-0.15, -0.1) is 0 Å². The van der Waals surface area contributed by atoms with Gasteiger partial charge in [0, 0.05) is 13.1 Å². The van der Waals surface area contributed by atoms with Crippen molar-refractivity contribution in [2.24, 2.45) is 0 Å². The number of amides is 1. The third kappa shape index (κ3) is 3.51. The van der Waals surface area contributed by atoms with Gasteiger partial charge in [-0.3, -0.25) is 4.79 Å². The van der Waals surface area contributed by atoms with Gasteiger partial charge >= 0.3 is 0 Å². The molecule has 0 bridgehead atoms. The quantitative estimate of drug-likeness (QED) is 0.502. The highest BCUT2D eigenvalue weighted by molar-refractivity contribution is 8.00. The van der Waals surface area contributed by atoms with Crippen molar-refractivity contribution < 1.29 is 4.79 Å². The zero-order valence-electron chi connectivity index (χ0n) is 14.6. The maximum absolute atomic E-state index is 12.2. The average Bonchev–Trinajstić information content (AvgIpc) is 3.06.